The van der Waals surface area contributed by atoms with Crippen molar-refractivity contribution in [2.45, 2.75) is 33.1 Å². The molecule has 0 radical (unpaired) electrons. The largest absolute Gasteiger partial charge is 0.508 e. The van der Waals surface area contributed by atoms with E-state index in [0.29, 0.717) is 32.3 Å². The maximum Gasteiger partial charge on any atom is 0.248 e. The molecule has 26 heavy (non-hydrogen) atoms. The monoisotopic (exact) mass is 414 g/mol. The summed E-state index contributed by atoms with van der Waals surface area (Å²) in [5, 5.41) is 10.0. The van der Waals surface area contributed by atoms with E-state index in [0.717, 1.165) is 0 Å². The van der Waals surface area contributed by atoms with Gasteiger partial charge in [-0.05, 0) is 65.4 Å². The topological polar surface area (TPSA) is 37.3 Å². The molecule has 0 heterocycles. The predicted octanol–water partition coefficient (Wildman–Crippen LogP) is 6.72. The van der Waals surface area contributed by atoms with Crippen molar-refractivity contribution in [3.63, 3.8) is 0 Å². The van der Waals surface area contributed by atoms with Crippen LogP contribution in [0.5, 0.6) is 5.75 Å². The minimum absolute atomic E-state index is 0.0693. The molecule has 6 heteroatoms. The lowest BCUT2D eigenvalue weighted by atomic mass is 9.95. The quantitative estimate of drug-likeness (QED) is 0.434. The Bertz CT molecular complexity index is 866. The van der Waals surface area contributed by atoms with Crippen molar-refractivity contribution in [1.29, 1.82) is 0 Å². The van der Waals surface area contributed by atoms with Gasteiger partial charge in [-0.25, -0.2) is 4.39 Å². The van der Waals surface area contributed by atoms with Crippen LogP contribution in [0.4, 0.5) is 4.39 Å². The van der Waals surface area contributed by atoms with Gasteiger partial charge in [-0.15, -0.1) is 0 Å². The van der Waals surface area contributed by atoms with E-state index in [-0.39, 0.29) is 23.7 Å². The van der Waals surface area contributed by atoms with Crippen molar-refractivity contribution in [1.82, 2.24) is 0 Å². The van der Waals surface area contributed by atoms with E-state index in [1.807, 2.05) is 13.8 Å². The summed E-state index contributed by atoms with van der Waals surface area (Å²) in [7, 11) is 0. The molecule has 0 aliphatic heterocycles. The summed E-state index contributed by atoms with van der Waals surface area (Å²) in [5.41, 5.74) is 2.22. The lowest BCUT2D eigenvalue weighted by Crippen LogP contribution is -2.01. The number of carbonyl (C=O) groups is 1. The number of aromatic hydroxyl groups is 1. The second kappa shape index (κ2) is 8.43. The van der Waals surface area contributed by atoms with E-state index in [4.69, 9.17) is 34.8 Å². The third-order valence-electron chi connectivity index (χ3n) is 4.04. The number of hydrogen-bond acceptors (Lipinski definition) is 2. The Morgan fingerprint density at radius 3 is 2.31 bits per heavy atom. The molecule has 138 valence electrons. The number of rotatable bonds is 5. The first-order chi connectivity index (χ1) is 12.1. The molecule has 2 aromatic carbocycles. The summed E-state index contributed by atoms with van der Waals surface area (Å²) in [6, 6.07) is 6.29. The van der Waals surface area contributed by atoms with E-state index in [9.17, 15) is 14.3 Å². The Kier molecular flexibility index (Phi) is 6.73. The van der Waals surface area contributed by atoms with E-state index < -0.39 is 11.1 Å². The zero-order valence-corrected chi connectivity index (χ0v) is 16.8. The Morgan fingerprint density at radius 2 is 1.81 bits per heavy atom. The zero-order valence-electron chi connectivity index (χ0n) is 14.5. The number of carbonyl (C=O) groups excluding carboxylic acids is 1. The number of phenols is 1. The molecule has 2 aromatic rings. The van der Waals surface area contributed by atoms with Gasteiger partial charge in [-0.2, -0.15) is 0 Å². The van der Waals surface area contributed by atoms with Gasteiger partial charge in [0, 0.05) is 27.6 Å². The highest BCUT2D eigenvalue weighted by molar-refractivity contribution is 6.68. The third kappa shape index (κ3) is 4.59. The van der Waals surface area contributed by atoms with Crippen LogP contribution in [0.25, 0.3) is 6.08 Å². The molecule has 0 saturated heterocycles. The van der Waals surface area contributed by atoms with E-state index >= 15 is 0 Å². The van der Waals surface area contributed by atoms with Crippen LogP contribution in [0.1, 0.15) is 48.9 Å². The number of benzene rings is 2. The fourth-order valence-electron chi connectivity index (χ4n) is 2.69. The summed E-state index contributed by atoms with van der Waals surface area (Å²) >= 11 is 18.1. The van der Waals surface area contributed by atoms with Crippen LogP contribution >= 0.6 is 34.8 Å². The smallest absolute Gasteiger partial charge is 0.248 e. The molecule has 0 bridgehead atoms. The van der Waals surface area contributed by atoms with Crippen LogP contribution in [-0.2, 0) is 11.2 Å². The summed E-state index contributed by atoms with van der Waals surface area (Å²) in [5.74, 6) is -0.690. The van der Waals surface area contributed by atoms with Crippen molar-refractivity contribution < 1.29 is 14.3 Å². The fraction of sp³-hybridized carbons (Fsp3) is 0.250. The SMILES string of the molecule is C/C(=C\c1cc(Cl)c(Cc2ccc(O)c(C(C)C)c2F)c(Cl)c1)C(=O)Cl. The van der Waals surface area contributed by atoms with Crippen molar-refractivity contribution in [3.8, 4) is 5.75 Å². The van der Waals surface area contributed by atoms with Gasteiger partial charge in [0.05, 0.1) is 0 Å². The molecule has 2 nitrogen and oxygen atoms in total. The Balaban J connectivity index is 2.44. The number of allylic oxidation sites excluding steroid dienone is 1. The minimum atomic E-state index is -0.561. The Hall–Kier alpha value is -1.55. The molecule has 0 amide bonds. The summed E-state index contributed by atoms with van der Waals surface area (Å²) < 4.78 is 14.8. The van der Waals surface area contributed by atoms with Gasteiger partial charge in [-0.1, -0.05) is 43.1 Å². The highest BCUT2D eigenvalue weighted by atomic mass is 35.5. The van der Waals surface area contributed by atoms with Gasteiger partial charge in [0.1, 0.15) is 11.6 Å². The lowest BCUT2D eigenvalue weighted by Gasteiger charge is -2.15. The predicted molar refractivity (Wildman–Crippen MR) is 106 cm³/mol. The average molecular weight is 416 g/mol. The van der Waals surface area contributed by atoms with Crippen LogP contribution < -0.4 is 0 Å². The standard InChI is InChI=1S/C20H18Cl3FO2/c1-10(2)18-17(25)5-4-13(19(18)24)9-14-15(21)7-12(8-16(14)22)6-11(3)20(23)26/h4-8,10,25H,9H2,1-3H3/b11-6+. The molecule has 2 rings (SSSR count). The normalized spacial score (nSPS) is 11.9. The van der Waals surface area contributed by atoms with Crippen LogP contribution in [-0.4, -0.2) is 10.3 Å². The van der Waals surface area contributed by atoms with Crippen LogP contribution in [0.15, 0.2) is 29.8 Å². The van der Waals surface area contributed by atoms with Crippen LogP contribution in [0, 0.1) is 5.82 Å². The molecule has 0 aromatic heterocycles. The van der Waals surface area contributed by atoms with E-state index in [1.165, 1.54) is 12.1 Å². The third-order valence-corrected chi connectivity index (χ3v) is 5.01. The highest BCUT2D eigenvalue weighted by Crippen LogP contribution is 2.34. The van der Waals surface area contributed by atoms with Crippen LogP contribution in [0.2, 0.25) is 10.0 Å². The first-order valence-corrected chi connectivity index (χ1v) is 9.11. The molecule has 0 aliphatic rings. The van der Waals surface area contributed by atoms with Crippen molar-refractivity contribution in [3.05, 3.63) is 68.0 Å². The fourth-order valence-corrected chi connectivity index (χ4v) is 3.38. The maximum atomic E-state index is 14.8. The second-order valence-corrected chi connectivity index (χ2v) is 7.52. The second-order valence-electron chi connectivity index (χ2n) is 6.37. The Morgan fingerprint density at radius 1 is 1.23 bits per heavy atom. The van der Waals surface area contributed by atoms with Gasteiger partial charge < -0.3 is 5.11 Å². The minimum Gasteiger partial charge on any atom is -0.508 e. The average Bonchev–Trinajstić information content (AvgIpc) is 2.52. The molecule has 0 saturated carbocycles. The Labute approximate surface area is 167 Å². The molecule has 0 atom stereocenters. The number of hydrogen-bond donors (Lipinski definition) is 1. The van der Waals surface area contributed by atoms with Gasteiger partial charge in [0.25, 0.3) is 0 Å². The van der Waals surface area contributed by atoms with E-state index in [1.54, 1.807) is 25.1 Å². The van der Waals surface area contributed by atoms with Crippen molar-refractivity contribution in [2.75, 3.05) is 0 Å². The van der Waals surface area contributed by atoms with Crippen LogP contribution in [0.3, 0.4) is 0 Å². The first-order valence-electron chi connectivity index (χ1n) is 7.98. The van der Waals surface area contributed by atoms with Crippen molar-refractivity contribution in [2.24, 2.45) is 0 Å². The summed E-state index contributed by atoms with van der Waals surface area (Å²) in [6.07, 6.45) is 1.76. The number of phenolic OH excluding ortho intramolecular Hbond substituents is 1. The van der Waals surface area contributed by atoms with E-state index in [2.05, 4.69) is 0 Å². The van der Waals surface area contributed by atoms with Crippen molar-refractivity contribution >= 4 is 46.1 Å². The molecule has 1 N–H and O–H groups in total. The maximum absolute atomic E-state index is 14.8. The molecule has 0 fully saturated rings. The molecule has 0 unspecified atom stereocenters. The van der Waals surface area contributed by atoms with Gasteiger partial charge >= 0.3 is 0 Å². The molecular weight excluding hydrogens is 398 g/mol. The molecule has 0 spiro atoms. The van der Waals surface area contributed by atoms with Gasteiger partial charge in [-0.3, -0.25) is 4.79 Å². The summed E-state index contributed by atoms with van der Waals surface area (Å²) in [6.45, 7) is 5.21. The molecule has 0 aliphatic carbocycles. The van der Waals surface area contributed by atoms with Gasteiger partial charge in [0.2, 0.25) is 5.24 Å². The van der Waals surface area contributed by atoms with Gasteiger partial charge in [0.15, 0.2) is 0 Å². The zero-order chi connectivity index (χ0) is 19.6. The molecular formula is C20H18Cl3FO2. The lowest BCUT2D eigenvalue weighted by molar-refractivity contribution is -0.108. The number of halogens is 4. The highest BCUT2D eigenvalue weighted by Gasteiger charge is 2.18. The summed E-state index contributed by atoms with van der Waals surface area (Å²) in [4.78, 5) is 11.1. The first kappa shape index (κ1) is 20.8.